The van der Waals surface area contributed by atoms with Gasteiger partial charge < -0.3 is 20.4 Å². The molecule has 3 N–H and O–H groups in total. The second-order valence-electron chi connectivity index (χ2n) is 10.8. The van der Waals surface area contributed by atoms with Crippen LogP contribution in [0.25, 0.3) is 0 Å². The predicted octanol–water partition coefficient (Wildman–Crippen LogP) is 5.15. The molecule has 1 aliphatic rings. The smallest absolute Gasteiger partial charge is 0.237 e. The number of aromatic nitrogens is 2. The molecule has 2 aromatic carbocycles. The highest BCUT2D eigenvalue weighted by atomic mass is 32.2. The van der Waals surface area contributed by atoms with Crippen molar-refractivity contribution in [3.8, 4) is 0 Å². The second-order valence-corrected chi connectivity index (χ2v) is 13.2. The fourth-order valence-electron chi connectivity index (χ4n) is 3.97. The third-order valence-corrected chi connectivity index (χ3v) is 8.72. The molecule has 39 heavy (non-hydrogen) atoms. The van der Waals surface area contributed by atoms with E-state index in [0.717, 1.165) is 24.2 Å². The molecule has 0 saturated carbocycles. The molecule has 0 amide bonds. The molecule has 1 fully saturated rings. The Hall–Kier alpha value is -3.51. The maximum atomic E-state index is 15.0. The summed E-state index contributed by atoms with van der Waals surface area (Å²) < 4.78 is 56.9. The Morgan fingerprint density at radius 1 is 0.897 bits per heavy atom. The van der Waals surface area contributed by atoms with Crippen LogP contribution in [0, 0.1) is 25.5 Å². The van der Waals surface area contributed by atoms with Crippen LogP contribution in [0.2, 0.25) is 0 Å². The number of likely N-dealkylation sites (N-methyl/N-ethyl adjacent to an activating group) is 1. The molecule has 3 aromatic rings. The zero-order valence-corrected chi connectivity index (χ0v) is 23.9. The highest BCUT2D eigenvalue weighted by Crippen LogP contribution is 2.30. The normalized spacial score (nSPS) is 14.8. The van der Waals surface area contributed by atoms with Crippen LogP contribution in [0.1, 0.15) is 31.9 Å². The van der Waals surface area contributed by atoms with Gasteiger partial charge in [0, 0.05) is 49.3 Å². The molecular formula is C27H35F2N7O2S. The highest BCUT2D eigenvalue weighted by Gasteiger charge is 2.29. The van der Waals surface area contributed by atoms with Crippen molar-refractivity contribution in [2.45, 2.75) is 39.4 Å². The van der Waals surface area contributed by atoms with Crippen molar-refractivity contribution in [2.75, 3.05) is 53.5 Å². The van der Waals surface area contributed by atoms with E-state index in [1.54, 1.807) is 50.1 Å². The minimum Gasteiger partial charge on any atom is -0.364 e. The molecule has 0 aliphatic carbocycles. The summed E-state index contributed by atoms with van der Waals surface area (Å²) in [5, 5.41) is 6.07. The van der Waals surface area contributed by atoms with Gasteiger partial charge in [0.2, 0.25) is 16.0 Å². The van der Waals surface area contributed by atoms with Crippen LogP contribution in [0.3, 0.4) is 0 Å². The van der Waals surface area contributed by atoms with Crippen molar-refractivity contribution in [2.24, 2.45) is 0 Å². The van der Waals surface area contributed by atoms with Gasteiger partial charge in [0.1, 0.15) is 11.5 Å². The second kappa shape index (κ2) is 10.9. The van der Waals surface area contributed by atoms with Crippen LogP contribution in [0.15, 0.2) is 36.5 Å². The number of benzene rings is 2. The standard InChI is InChI=1S/C27H35F2N7O2S/c1-17-7-8-19(15-23(17)34-39(37,38)27(3,4)5)31-25-18(2)16-30-26(33-25)32-20-13-21(28)24(22(29)14-20)36-11-9-35(6)10-12-36/h7-8,13-16,34H,9-12H2,1-6H3,(H2,30,31,32,33). The van der Waals surface area contributed by atoms with E-state index >= 15 is 0 Å². The zero-order chi connectivity index (χ0) is 28.5. The number of nitrogens with zero attached hydrogens (tertiary/aromatic N) is 4. The number of halogens is 2. The number of piperazine rings is 1. The number of anilines is 6. The first-order valence-electron chi connectivity index (χ1n) is 12.7. The van der Waals surface area contributed by atoms with E-state index in [2.05, 4.69) is 30.2 Å². The van der Waals surface area contributed by atoms with Crippen molar-refractivity contribution in [1.82, 2.24) is 14.9 Å². The summed E-state index contributed by atoms with van der Waals surface area (Å²) in [5.74, 6) is -0.708. The van der Waals surface area contributed by atoms with E-state index in [1.807, 2.05) is 20.9 Å². The number of aryl methyl sites for hydroxylation is 2. The van der Waals surface area contributed by atoms with E-state index in [4.69, 9.17) is 0 Å². The van der Waals surface area contributed by atoms with Gasteiger partial charge in [-0.3, -0.25) is 4.72 Å². The average Bonchev–Trinajstić information content (AvgIpc) is 2.83. The van der Waals surface area contributed by atoms with Gasteiger partial charge in [-0.15, -0.1) is 0 Å². The maximum Gasteiger partial charge on any atom is 0.237 e. The lowest BCUT2D eigenvalue weighted by molar-refractivity contribution is 0.310. The molecule has 0 radical (unpaired) electrons. The van der Waals surface area contributed by atoms with Crippen LogP contribution < -0.4 is 20.3 Å². The van der Waals surface area contributed by atoms with Crippen molar-refractivity contribution < 1.29 is 17.2 Å². The van der Waals surface area contributed by atoms with Gasteiger partial charge in [0.15, 0.2) is 11.6 Å². The van der Waals surface area contributed by atoms with E-state index < -0.39 is 26.4 Å². The Morgan fingerprint density at radius 3 is 2.15 bits per heavy atom. The van der Waals surface area contributed by atoms with Crippen LogP contribution >= 0.6 is 0 Å². The molecule has 0 bridgehead atoms. The lowest BCUT2D eigenvalue weighted by Crippen LogP contribution is -2.45. The summed E-state index contributed by atoms with van der Waals surface area (Å²) in [7, 11) is -1.63. The monoisotopic (exact) mass is 559 g/mol. The summed E-state index contributed by atoms with van der Waals surface area (Å²) in [5.41, 5.74) is 2.70. The molecular weight excluding hydrogens is 524 g/mol. The summed E-state index contributed by atoms with van der Waals surface area (Å²) >= 11 is 0. The Labute approximate surface area is 228 Å². The van der Waals surface area contributed by atoms with Gasteiger partial charge in [-0.1, -0.05) is 6.07 Å². The summed E-state index contributed by atoms with van der Waals surface area (Å²) in [6, 6.07) is 7.77. The molecule has 0 spiro atoms. The minimum absolute atomic E-state index is 0.0295. The van der Waals surface area contributed by atoms with Gasteiger partial charge in [0.25, 0.3) is 0 Å². The Kier molecular flexibility index (Phi) is 7.99. The van der Waals surface area contributed by atoms with E-state index in [0.29, 0.717) is 30.3 Å². The summed E-state index contributed by atoms with van der Waals surface area (Å²) in [4.78, 5) is 12.6. The maximum absolute atomic E-state index is 15.0. The number of hydrogen-bond donors (Lipinski definition) is 3. The number of sulfonamides is 1. The van der Waals surface area contributed by atoms with Crippen LogP contribution in [0.4, 0.5) is 43.3 Å². The third kappa shape index (κ3) is 6.56. The average molecular weight is 560 g/mol. The van der Waals surface area contributed by atoms with Crippen LogP contribution in [-0.2, 0) is 10.0 Å². The molecule has 1 aromatic heterocycles. The minimum atomic E-state index is -3.61. The quantitative estimate of drug-likeness (QED) is 0.365. The molecule has 2 heterocycles. The summed E-state index contributed by atoms with van der Waals surface area (Å²) in [6.45, 7) is 11.1. The lowest BCUT2D eigenvalue weighted by Gasteiger charge is -2.34. The first-order valence-corrected chi connectivity index (χ1v) is 14.1. The topological polar surface area (TPSA) is 102 Å². The number of rotatable bonds is 7. The first-order chi connectivity index (χ1) is 18.2. The molecule has 12 heteroatoms. The zero-order valence-electron chi connectivity index (χ0n) is 23.1. The fraction of sp³-hybridized carbons (Fsp3) is 0.407. The van der Waals surface area contributed by atoms with Gasteiger partial charge in [-0.25, -0.2) is 22.2 Å². The molecule has 9 nitrogen and oxygen atoms in total. The summed E-state index contributed by atoms with van der Waals surface area (Å²) in [6.07, 6.45) is 1.58. The molecule has 0 atom stereocenters. The van der Waals surface area contributed by atoms with E-state index in [1.165, 1.54) is 12.1 Å². The molecule has 0 unspecified atom stereocenters. The van der Waals surface area contributed by atoms with Crippen molar-refractivity contribution in [1.29, 1.82) is 0 Å². The highest BCUT2D eigenvalue weighted by molar-refractivity contribution is 7.94. The lowest BCUT2D eigenvalue weighted by atomic mass is 10.2. The van der Waals surface area contributed by atoms with Gasteiger partial charge >= 0.3 is 0 Å². The largest absolute Gasteiger partial charge is 0.364 e. The SMILES string of the molecule is Cc1ccc(Nc2nc(Nc3cc(F)c(N4CCN(C)CC4)c(F)c3)ncc2C)cc1NS(=O)(=O)C(C)(C)C. The molecule has 210 valence electrons. The van der Waals surface area contributed by atoms with Crippen molar-refractivity contribution in [3.05, 3.63) is 59.3 Å². The van der Waals surface area contributed by atoms with Gasteiger partial charge in [-0.2, -0.15) is 4.98 Å². The number of hydrogen-bond acceptors (Lipinski definition) is 8. The first kappa shape index (κ1) is 28.5. The van der Waals surface area contributed by atoms with Gasteiger partial charge in [0.05, 0.1) is 10.4 Å². The van der Waals surface area contributed by atoms with Crippen LogP contribution in [-0.4, -0.2) is 61.3 Å². The van der Waals surface area contributed by atoms with Gasteiger partial charge in [-0.05, 0) is 71.5 Å². The van der Waals surface area contributed by atoms with Crippen molar-refractivity contribution >= 4 is 44.5 Å². The third-order valence-electron chi connectivity index (χ3n) is 6.62. The molecule has 1 aliphatic heterocycles. The Bertz CT molecular complexity index is 1440. The Balaban J connectivity index is 1.54. The van der Waals surface area contributed by atoms with Crippen molar-refractivity contribution in [3.63, 3.8) is 0 Å². The van der Waals surface area contributed by atoms with Crippen LogP contribution in [0.5, 0.6) is 0 Å². The van der Waals surface area contributed by atoms with E-state index in [-0.39, 0.29) is 17.3 Å². The number of nitrogens with one attached hydrogen (secondary N) is 3. The molecule has 1 saturated heterocycles. The predicted molar refractivity (Wildman–Crippen MR) is 153 cm³/mol. The Morgan fingerprint density at radius 2 is 1.54 bits per heavy atom. The molecule has 4 rings (SSSR count). The van der Waals surface area contributed by atoms with E-state index in [9.17, 15) is 17.2 Å². The fourth-order valence-corrected chi connectivity index (χ4v) is 4.79.